The summed E-state index contributed by atoms with van der Waals surface area (Å²) in [4.78, 5) is 3.05. The summed E-state index contributed by atoms with van der Waals surface area (Å²) in [6, 6.07) is 0.431. The second-order valence-corrected chi connectivity index (χ2v) is 3.93. The topological polar surface area (TPSA) is 22.1 Å². The molecule has 0 atom stereocenters. The van der Waals surface area contributed by atoms with Gasteiger partial charge in [-0.1, -0.05) is 13.8 Å². The lowest BCUT2D eigenvalue weighted by Crippen LogP contribution is -2.05. The van der Waals surface area contributed by atoms with E-state index in [1.165, 1.54) is 0 Å². The summed E-state index contributed by atoms with van der Waals surface area (Å²) in [5.74, 6) is -3.61. The van der Waals surface area contributed by atoms with Gasteiger partial charge in [0.2, 0.25) is 0 Å². The van der Waals surface area contributed by atoms with Gasteiger partial charge in [-0.05, 0) is 18.8 Å². The second kappa shape index (κ2) is 5.72. The van der Waals surface area contributed by atoms with E-state index < -0.39 is 23.5 Å². The molecule has 90 valence electrons. The number of hydrogen-bond donors (Lipinski definition) is 0. The fourth-order valence-corrected chi connectivity index (χ4v) is 1.19. The summed E-state index contributed by atoms with van der Waals surface area (Å²) in [7, 11) is 0. The molecule has 1 heterocycles. The van der Waals surface area contributed by atoms with Crippen LogP contribution in [-0.2, 0) is 0 Å². The standard InChI is InChI=1S/C11H14F3NO/c1-7(2)4-3-5-16-11-9(13)6-8(12)10(14)15-11/h6-7H,3-5H2,1-2H3. The molecule has 0 unspecified atom stereocenters. The Hall–Kier alpha value is -1.26. The van der Waals surface area contributed by atoms with Crippen LogP contribution in [0.2, 0.25) is 0 Å². The van der Waals surface area contributed by atoms with Crippen molar-refractivity contribution in [3.8, 4) is 5.88 Å². The third-order valence-electron chi connectivity index (χ3n) is 2.02. The highest BCUT2D eigenvalue weighted by atomic mass is 19.2. The minimum Gasteiger partial charge on any atom is -0.476 e. The average Bonchev–Trinajstić information content (AvgIpc) is 2.19. The molecule has 0 bridgehead atoms. The Kier molecular flexibility index (Phi) is 4.58. The van der Waals surface area contributed by atoms with E-state index in [9.17, 15) is 13.2 Å². The van der Waals surface area contributed by atoms with Gasteiger partial charge < -0.3 is 4.74 Å². The zero-order chi connectivity index (χ0) is 12.1. The van der Waals surface area contributed by atoms with E-state index in [1.54, 1.807) is 0 Å². The van der Waals surface area contributed by atoms with Gasteiger partial charge in [0.05, 0.1) is 6.61 Å². The van der Waals surface area contributed by atoms with E-state index in [4.69, 9.17) is 4.74 Å². The van der Waals surface area contributed by atoms with Crippen molar-refractivity contribution in [2.45, 2.75) is 26.7 Å². The van der Waals surface area contributed by atoms with Crippen LogP contribution >= 0.6 is 0 Å². The van der Waals surface area contributed by atoms with Gasteiger partial charge in [0.25, 0.3) is 11.8 Å². The number of hydrogen-bond acceptors (Lipinski definition) is 2. The lowest BCUT2D eigenvalue weighted by Gasteiger charge is -2.07. The van der Waals surface area contributed by atoms with E-state index in [0.29, 0.717) is 12.0 Å². The highest BCUT2D eigenvalue weighted by Crippen LogP contribution is 2.17. The number of aromatic nitrogens is 1. The van der Waals surface area contributed by atoms with Crippen LogP contribution in [0.3, 0.4) is 0 Å². The van der Waals surface area contributed by atoms with E-state index in [1.807, 2.05) is 0 Å². The molecule has 0 N–H and O–H groups in total. The lowest BCUT2D eigenvalue weighted by molar-refractivity contribution is 0.265. The van der Waals surface area contributed by atoms with Crippen molar-refractivity contribution in [3.05, 3.63) is 23.6 Å². The van der Waals surface area contributed by atoms with Crippen molar-refractivity contribution < 1.29 is 17.9 Å². The summed E-state index contributed by atoms with van der Waals surface area (Å²) >= 11 is 0. The Bertz CT molecular complexity index is 355. The van der Waals surface area contributed by atoms with E-state index in [-0.39, 0.29) is 6.61 Å². The molecule has 0 spiro atoms. The van der Waals surface area contributed by atoms with Crippen LogP contribution in [0.4, 0.5) is 13.2 Å². The molecule has 0 amide bonds. The molecule has 1 aromatic rings. The molecule has 2 nitrogen and oxygen atoms in total. The van der Waals surface area contributed by atoms with Crippen molar-refractivity contribution in [2.24, 2.45) is 5.92 Å². The van der Waals surface area contributed by atoms with Crippen molar-refractivity contribution in [3.63, 3.8) is 0 Å². The summed E-state index contributed by atoms with van der Waals surface area (Å²) in [6.07, 6.45) is 1.64. The third-order valence-corrected chi connectivity index (χ3v) is 2.02. The number of pyridine rings is 1. The molecule has 5 heteroatoms. The zero-order valence-corrected chi connectivity index (χ0v) is 9.27. The van der Waals surface area contributed by atoms with Gasteiger partial charge >= 0.3 is 0 Å². The number of ether oxygens (including phenoxy) is 1. The fourth-order valence-electron chi connectivity index (χ4n) is 1.19. The molecule has 0 aliphatic carbocycles. The summed E-state index contributed by atoms with van der Waals surface area (Å²) in [5.41, 5.74) is 0. The van der Waals surface area contributed by atoms with Gasteiger partial charge in [-0.15, -0.1) is 0 Å². The maximum absolute atomic E-state index is 13.0. The molecule has 16 heavy (non-hydrogen) atoms. The molecule has 0 fully saturated rings. The van der Waals surface area contributed by atoms with E-state index in [2.05, 4.69) is 18.8 Å². The van der Waals surface area contributed by atoms with Crippen molar-refractivity contribution >= 4 is 0 Å². The van der Waals surface area contributed by atoms with Crippen LogP contribution in [0.25, 0.3) is 0 Å². The zero-order valence-electron chi connectivity index (χ0n) is 9.27. The molecule has 0 aromatic carbocycles. The minimum absolute atomic E-state index is 0.243. The van der Waals surface area contributed by atoms with Crippen molar-refractivity contribution in [1.29, 1.82) is 0 Å². The van der Waals surface area contributed by atoms with Crippen molar-refractivity contribution in [2.75, 3.05) is 6.61 Å². The first-order valence-corrected chi connectivity index (χ1v) is 5.15. The van der Waals surface area contributed by atoms with Crippen LogP contribution in [0.1, 0.15) is 26.7 Å². The summed E-state index contributed by atoms with van der Waals surface area (Å²) in [6.45, 7) is 4.35. The maximum Gasteiger partial charge on any atom is 0.253 e. The van der Waals surface area contributed by atoms with E-state index in [0.717, 1.165) is 12.8 Å². The number of rotatable bonds is 5. The fraction of sp³-hybridized carbons (Fsp3) is 0.545. The van der Waals surface area contributed by atoms with Gasteiger partial charge in [-0.25, -0.2) is 8.78 Å². The van der Waals surface area contributed by atoms with Crippen LogP contribution in [0.15, 0.2) is 6.07 Å². The van der Waals surface area contributed by atoms with E-state index >= 15 is 0 Å². The smallest absolute Gasteiger partial charge is 0.253 e. The first kappa shape index (κ1) is 12.8. The minimum atomic E-state index is -1.35. The third kappa shape index (κ3) is 3.72. The molecule has 0 aliphatic rings. The normalized spacial score (nSPS) is 10.9. The molecule has 1 aromatic heterocycles. The Morgan fingerprint density at radius 2 is 1.94 bits per heavy atom. The predicted molar refractivity (Wildman–Crippen MR) is 53.7 cm³/mol. The Labute approximate surface area is 92.5 Å². The molecule has 0 saturated heterocycles. The highest BCUT2D eigenvalue weighted by Gasteiger charge is 2.12. The Morgan fingerprint density at radius 1 is 1.25 bits per heavy atom. The summed E-state index contributed by atoms with van der Waals surface area (Å²) < 4.78 is 43.1. The first-order valence-electron chi connectivity index (χ1n) is 5.15. The van der Waals surface area contributed by atoms with Crippen LogP contribution in [0.5, 0.6) is 5.88 Å². The van der Waals surface area contributed by atoms with Crippen LogP contribution in [-0.4, -0.2) is 11.6 Å². The molecular formula is C11H14F3NO. The Morgan fingerprint density at radius 3 is 2.56 bits per heavy atom. The average molecular weight is 233 g/mol. The molecule has 0 aliphatic heterocycles. The molecule has 0 saturated carbocycles. The van der Waals surface area contributed by atoms with Gasteiger partial charge in [0, 0.05) is 6.07 Å². The van der Waals surface area contributed by atoms with Crippen molar-refractivity contribution in [1.82, 2.24) is 4.98 Å². The molecule has 1 rings (SSSR count). The monoisotopic (exact) mass is 233 g/mol. The largest absolute Gasteiger partial charge is 0.476 e. The van der Waals surface area contributed by atoms with Crippen LogP contribution < -0.4 is 4.74 Å². The van der Waals surface area contributed by atoms with Gasteiger partial charge in [0.1, 0.15) is 0 Å². The quantitative estimate of drug-likeness (QED) is 0.575. The molecule has 0 radical (unpaired) electrons. The van der Waals surface area contributed by atoms with Crippen LogP contribution in [0, 0.1) is 23.5 Å². The SMILES string of the molecule is CC(C)CCCOc1nc(F)c(F)cc1F. The Balaban J connectivity index is 2.51. The molecular weight excluding hydrogens is 219 g/mol. The summed E-state index contributed by atoms with van der Waals surface area (Å²) in [5, 5.41) is 0. The lowest BCUT2D eigenvalue weighted by atomic mass is 10.1. The number of nitrogens with zero attached hydrogens (tertiary/aromatic N) is 1. The number of halogens is 3. The predicted octanol–water partition coefficient (Wildman–Crippen LogP) is 3.31. The van der Waals surface area contributed by atoms with Gasteiger partial charge in [0.15, 0.2) is 11.6 Å². The maximum atomic E-state index is 13.0. The van der Waals surface area contributed by atoms with Gasteiger partial charge in [-0.2, -0.15) is 9.37 Å². The highest BCUT2D eigenvalue weighted by molar-refractivity contribution is 5.14. The first-order chi connectivity index (χ1) is 7.50. The van der Waals surface area contributed by atoms with Gasteiger partial charge in [-0.3, -0.25) is 0 Å². The second-order valence-electron chi connectivity index (χ2n) is 3.93.